The van der Waals surface area contributed by atoms with E-state index in [1.54, 1.807) is 0 Å². The number of aromatic nitrogens is 1. The van der Waals surface area contributed by atoms with Gasteiger partial charge in [-0.05, 0) is 76.7 Å². The minimum Gasteiger partial charge on any atom is -0.454 e. The molecule has 0 N–H and O–H groups in total. The summed E-state index contributed by atoms with van der Waals surface area (Å²) < 4.78 is 11.7. The van der Waals surface area contributed by atoms with E-state index in [-0.39, 0.29) is 0 Å². The topological polar surface area (TPSA) is 21.3 Å². The zero-order chi connectivity index (χ0) is 40.7. The molecule has 62 heavy (non-hydrogen) atoms. The molecule has 0 bridgehead atoms. The average molecular weight is 809 g/mol. The fourth-order valence-electron chi connectivity index (χ4n) is 9.73. The molecular weight excluding hydrogens is 773 g/mol. The fraction of sp³-hybridized carbons (Fsp3) is 0. The van der Waals surface area contributed by atoms with Crippen molar-refractivity contribution >= 4 is 103 Å². The van der Waals surface area contributed by atoms with Gasteiger partial charge in [-0.15, -0.1) is 11.3 Å². The van der Waals surface area contributed by atoms with Gasteiger partial charge in [0.2, 0.25) is 0 Å². The Morgan fingerprint density at radius 3 is 1.97 bits per heavy atom. The van der Waals surface area contributed by atoms with Crippen LogP contribution in [0.2, 0.25) is 0 Å². The van der Waals surface area contributed by atoms with Gasteiger partial charge in [0.1, 0.15) is 5.58 Å². The van der Waals surface area contributed by atoms with Gasteiger partial charge in [-0.1, -0.05) is 164 Å². The van der Waals surface area contributed by atoms with Gasteiger partial charge in [-0.25, -0.2) is 0 Å². The highest BCUT2D eigenvalue weighted by Gasteiger charge is 2.22. The second-order valence-electron chi connectivity index (χ2n) is 16.0. The van der Waals surface area contributed by atoms with E-state index in [2.05, 4.69) is 222 Å². The molecule has 0 fully saturated rings. The summed E-state index contributed by atoms with van der Waals surface area (Å²) in [5.74, 6) is 0. The quantitative estimate of drug-likeness (QED) is 0.167. The molecule has 0 radical (unpaired) electrons. The molecule has 0 saturated heterocycles. The van der Waals surface area contributed by atoms with E-state index in [1.807, 2.05) is 17.4 Å². The maximum Gasteiger partial charge on any atom is 0.159 e. The van der Waals surface area contributed by atoms with Crippen LogP contribution in [0.1, 0.15) is 0 Å². The van der Waals surface area contributed by atoms with E-state index in [9.17, 15) is 0 Å². The lowest BCUT2D eigenvalue weighted by molar-refractivity contribution is 0.669. The summed E-state index contributed by atoms with van der Waals surface area (Å²) in [4.78, 5) is 2.35. The van der Waals surface area contributed by atoms with Crippen molar-refractivity contribution in [3.05, 3.63) is 218 Å². The van der Waals surface area contributed by atoms with E-state index >= 15 is 0 Å². The molecule has 3 aromatic heterocycles. The van der Waals surface area contributed by atoms with Crippen LogP contribution in [-0.2, 0) is 0 Å². The molecule has 4 heteroatoms. The van der Waals surface area contributed by atoms with Gasteiger partial charge in [-0.3, -0.25) is 0 Å². The van der Waals surface area contributed by atoms with Gasteiger partial charge in [0, 0.05) is 64.0 Å². The molecule has 0 spiro atoms. The van der Waals surface area contributed by atoms with Crippen LogP contribution in [0, 0.1) is 0 Å². The maximum atomic E-state index is 6.68. The van der Waals surface area contributed by atoms with Crippen LogP contribution in [0.5, 0.6) is 0 Å². The number of para-hydroxylation sites is 3. The number of rotatable bonds is 6. The third kappa shape index (κ3) is 5.37. The molecule has 13 rings (SSSR count). The Morgan fingerprint density at radius 2 is 1.08 bits per heavy atom. The van der Waals surface area contributed by atoms with E-state index in [1.165, 1.54) is 63.9 Å². The Hall–Kier alpha value is -7.92. The van der Waals surface area contributed by atoms with Crippen molar-refractivity contribution in [2.24, 2.45) is 0 Å². The SMILES string of the molecule is c1ccc(-c2ccc(-c3ccc(N(c4ccc5c(c4)sc4ccccc45)c4cccc5c4oc4ccccc45)cc3)cc2-n2c3ccccc3c3ccc4ccccc4c32)cc1. The second-order valence-corrected chi connectivity index (χ2v) is 17.1. The van der Waals surface area contributed by atoms with Crippen LogP contribution < -0.4 is 4.90 Å². The molecule has 0 aliphatic rings. The number of hydrogen-bond donors (Lipinski definition) is 0. The van der Waals surface area contributed by atoms with Crippen LogP contribution in [0.15, 0.2) is 223 Å². The summed E-state index contributed by atoms with van der Waals surface area (Å²) in [7, 11) is 0. The molecule has 0 amide bonds. The predicted octanol–water partition coefficient (Wildman–Crippen LogP) is 17.0. The lowest BCUT2D eigenvalue weighted by Gasteiger charge is -2.26. The maximum absolute atomic E-state index is 6.68. The number of thiophene rings is 1. The molecular formula is C58H36N2OS. The molecule has 0 aliphatic heterocycles. The Kier molecular flexibility index (Phi) is 7.78. The van der Waals surface area contributed by atoms with Crippen molar-refractivity contribution in [2.45, 2.75) is 0 Å². The third-order valence-corrected chi connectivity index (χ3v) is 13.7. The van der Waals surface area contributed by atoms with Crippen molar-refractivity contribution in [1.29, 1.82) is 0 Å². The molecule has 0 aliphatic carbocycles. The van der Waals surface area contributed by atoms with Crippen LogP contribution in [0.25, 0.3) is 103 Å². The molecule has 0 unspecified atom stereocenters. The summed E-state index contributed by atoms with van der Waals surface area (Å²) in [5, 5.41) is 9.75. The zero-order valence-corrected chi connectivity index (χ0v) is 34.3. The Labute approximate surface area is 361 Å². The Morgan fingerprint density at radius 1 is 0.403 bits per heavy atom. The summed E-state index contributed by atoms with van der Waals surface area (Å²) in [6.45, 7) is 0. The first-order valence-corrected chi connectivity index (χ1v) is 21.9. The number of hydrogen-bond acceptors (Lipinski definition) is 3. The van der Waals surface area contributed by atoms with Gasteiger partial charge >= 0.3 is 0 Å². The van der Waals surface area contributed by atoms with E-state index in [0.29, 0.717) is 0 Å². The van der Waals surface area contributed by atoms with Gasteiger partial charge < -0.3 is 13.9 Å². The van der Waals surface area contributed by atoms with Crippen molar-refractivity contribution in [3.63, 3.8) is 0 Å². The molecule has 3 nitrogen and oxygen atoms in total. The Balaban J connectivity index is 1.00. The highest BCUT2D eigenvalue weighted by Crippen LogP contribution is 2.46. The smallest absolute Gasteiger partial charge is 0.159 e. The van der Waals surface area contributed by atoms with Crippen LogP contribution in [0.4, 0.5) is 17.1 Å². The number of fused-ring (bicyclic) bond motifs is 11. The number of anilines is 3. The lowest BCUT2D eigenvalue weighted by atomic mass is 9.97. The van der Waals surface area contributed by atoms with Crippen LogP contribution in [-0.4, -0.2) is 4.57 Å². The highest BCUT2D eigenvalue weighted by molar-refractivity contribution is 7.25. The van der Waals surface area contributed by atoms with Gasteiger partial charge in [-0.2, -0.15) is 0 Å². The van der Waals surface area contributed by atoms with Gasteiger partial charge in [0.25, 0.3) is 0 Å². The number of nitrogens with zero attached hydrogens (tertiary/aromatic N) is 2. The van der Waals surface area contributed by atoms with Crippen LogP contribution >= 0.6 is 11.3 Å². The van der Waals surface area contributed by atoms with Crippen molar-refractivity contribution in [2.75, 3.05) is 4.90 Å². The van der Waals surface area contributed by atoms with Crippen molar-refractivity contribution in [1.82, 2.24) is 4.57 Å². The van der Waals surface area contributed by atoms with E-state index in [0.717, 1.165) is 55.8 Å². The average Bonchev–Trinajstić information content (AvgIpc) is 4.02. The molecule has 13 aromatic rings. The molecule has 0 atom stereocenters. The molecule has 10 aromatic carbocycles. The largest absolute Gasteiger partial charge is 0.454 e. The monoisotopic (exact) mass is 808 g/mol. The van der Waals surface area contributed by atoms with Crippen molar-refractivity contribution < 1.29 is 4.42 Å². The normalized spacial score (nSPS) is 11.9. The van der Waals surface area contributed by atoms with Gasteiger partial charge in [0.15, 0.2) is 5.58 Å². The molecule has 3 heterocycles. The molecule has 0 saturated carbocycles. The number of furan rings is 1. The molecule has 290 valence electrons. The van der Waals surface area contributed by atoms with Crippen LogP contribution in [0.3, 0.4) is 0 Å². The minimum absolute atomic E-state index is 0.869. The van der Waals surface area contributed by atoms with Crippen molar-refractivity contribution in [3.8, 4) is 27.9 Å². The van der Waals surface area contributed by atoms with E-state index < -0.39 is 0 Å². The second kappa shape index (κ2) is 13.8. The highest BCUT2D eigenvalue weighted by atomic mass is 32.1. The van der Waals surface area contributed by atoms with Gasteiger partial charge in [0.05, 0.1) is 22.4 Å². The summed E-state index contributed by atoms with van der Waals surface area (Å²) >= 11 is 1.84. The summed E-state index contributed by atoms with van der Waals surface area (Å²) in [5.41, 5.74) is 13.1. The first-order valence-electron chi connectivity index (χ1n) is 21.1. The minimum atomic E-state index is 0.869. The standard InChI is InChI=1S/C58H36N2OS/c1-2-13-38(14-3-1)43-32-28-40(35-53(43)60-51-21-9-6-17-45(51)49-33-27-39-15-4-5-16-44(39)57(49)60)37-25-29-41(30-26-37)59(42-31-34-48-47-19-8-11-24-55(47)62-56(48)36-42)52-22-12-20-50-46-18-7-10-23-54(46)61-58(50)52/h1-36H. The number of benzene rings is 10. The fourth-order valence-corrected chi connectivity index (χ4v) is 10.9. The lowest BCUT2D eigenvalue weighted by Crippen LogP contribution is -2.10. The zero-order valence-electron chi connectivity index (χ0n) is 33.5. The third-order valence-electron chi connectivity index (χ3n) is 12.6. The summed E-state index contributed by atoms with van der Waals surface area (Å²) in [6.07, 6.45) is 0. The first kappa shape index (κ1) is 34.9. The summed E-state index contributed by atoms with van der Waals surface area (Å²) in [6, 6.07) is 79.2. The first-order chi connectivity index (χ1) is 30.7. The predicted molar refractivity (Wildman–Crippen MR) is 264 cm³/mol. The Bertz CT molecular complexity index is 3870. The van der Waals surface area contributed by atoms with E-state index in [4.69, 9.17) is 4.42 Å².